The summed E-state index contributed by atoms with van der Waals surface area (Å²) in [5.74, 6) is 0.219. The second kappa shape index (κ2) is 10.8. The van der Waals surface area contributed by atoms with Crippen LogP contribution < -0.4 is 5.32 Å². The van der Waals surface area contributed by atoms with Gasteiger partial charge in [0.15, 0.2) is 0 Å². The molecule has 0 aromatic rings. The zero-order valence-corrected chi connectivity index (χ0v) is 18.2. The van der Waals surface area contributed by atoms with Gasteiger partial charge in [0, 0.05) is 11.5 Å². The quantitative estimate of drug-likeness (QED) is 0.248. The Balaban J connectivity index is 2.20. The Morgan fingerprint density at radius 3 is 2.66 bits per heavy atom. The molecule has 2 aliphatic rings. The Kier molecular flexibility index (Phi) is 9.02. The van der Waals surface area contributed by atoms with Crippen molar-refractivity contribution < 1.29 is 24.9 Å². The number of likely N-dealkylation sites (N-methyl/N-ethyl adjacent to an activating group) is 1. The largest absolute Gasteiger partial charge is 0.388 e. The fraction of sp³-hybridized carbons (Fsp3) is 0.944. The van der Waals surface area contributed by atoms with E-state index in [1.54, 1.807) is 13.2 Å². The summed E-state index contributed by atoms with van der Waals surface area (Å²) >= 11 is 1.19. The van der Waals surface area contributed by atoms with E-state index in [4.69, 9.17) is 10.3 Å². The molecule has 2 fully saturated rings. The van der Waals surface area contributed by atoms with Crippen molar-refractivity contribution in [3.8, 4) is 0 Å². The number of aliphatic hydroxyl groups excluding tert-OH is 3. The monoisotopic (exact) mass is 431 g/mol. The molecule has 0 aliphatic carbocycles. The van der Waals surface area contributed by atoms with E-state index < -0.39 is 41.9 Å². The third-order valence-corrected chi connectivity index (χ3v) is 6.74. The van der Waals surface area contributed by atoms with Crippen molar-refractivity contribution >= 4 is 17.7 Å². The van der Waals surface area contributed by atoms with E-state index in [1.807, 2.05) is 11.9 Å². The summed E-state index contributed by atoms with van der Waals surface area (Å²) in [5.41, 5.74) is 8.09. The molecule has 4 N–H and O–H groups in total. The molecular weight excluding hydrogens is 398 g/mol. The highest BCUT2D eigenvalue weighted by Gasteiger charge is 2.48. The Morgan fingerprint density at radius 2 is 2.07 bits per heavy atom. The van der Waals surface area contributed by atoms with Crippen molar-refractivity contribution in [2.24, 2.45) is 11.0 Å². The summed E-state index contributed by atoms with van der Waals surface area (Å²) in [4.78, 5) is 17.9. The average molecular weight is 432 g/mol. The second-order valence-electron chi connectivity index (χ2n) is 8.00. The first-order valence-corrected chi connectivity index (χ1v) is 11.3. The number of azide groups is 1. The lowest BCUT2D eigenvalue weighted by atomic mass is 9.91. The molecule has 0 aromatic carbocycles. The van der Waals surface area contributed by atoms with E-state index in [1.165, 1.54) is 11.8 Å². The first-order valence-electron chi connectivity index (χ1n) is 10.0. The lowest BCUT2D eigenvalue weighted by Crippen LogP contribution is -2.65. The molecule has 2 aliphatic heterocycles. The average Bonchev–Trinajstić information content (AvgIpc) is 3.05. The minimum absolute atomic E-state index is 0.229. The SMILES string of the molecule is CCC[C@@H]1CC(C(=O)NC(C(C)N=[N+]=[N-])[C@H]2O[C@H](SC)[C@H](O)[C@@H](O)[C@H]2O)N(C)C1. The topological polar surface area (TPSA) is 151 Å². The first kappa shape index (κ1) is 24.2. The normalized spacial score (nSPS) is 37.6. The molecule has 0 radical (unpaired) electrons. The summed E-state index contributed by atoms with van der Waals surface area (Å²) in [6.45, 7) is 4.57. The van der Waals surface area contributed by atoms with Gasteiger partial charge in [0.1, 0.15) is 29.9 Å². The smallest absolute Gasteiger partial charge is 0.237 e. The van der Waals surface area contributed by atoms with Crippen molar-refractivity contribution in [3.63, 3.8) is 0 Å². The molecular formula is C18H33N5O5S. The van der Waals surface area contributed by atoms with E-state index in [-0.39, 0.29) is 11.9 Å². The number of ether oxygens (including phenoxy) is 1. The summed E-state index contributed by atoms with van der Waals surface area (Å²) in [7, 11) is 1.90. The van der Waals surface area contributed by atoms with Crippen LogP contribution in [0.1, 0.15) is 33.1 Å². The van der Waals surface area contributed by atoms with Crippen molar-refractivity contribution in [1.82, 2.24) is 10.2 Å². The van der Waals surface area contributed by atoms with Gasteiger partial charge in [-0.1, -0.05) is 25.4 Å². The number of carbonyl (C=O) groups is 1. The van der Waals surface area contributed by atoms with Crippen LogP contribution in [-0.4, -0.2) is 94.0 Å². The number of nitrogens with one attached hydrogen (secondary N) is 1. The van der Waals surface area contributed by atoms with E-state index in [0.717, 1.165) is 25.8 Å². The molecule has 9 atom stereocenters. The van der Waals surface area contributed by atoms with Gasteiger partial charge in [0.25, 0.3) is 0 Å². The Morgan fingerprint density at radius 1 is 1.38 bits per heavy atom. The predicted octanol–water partition coefficient (Wildman–Crippen LogP) is 0.461. The van der Waals surface area contributed by atoms with Crippen LogP contribution in [0.5, 0.6) is 0 Å². The maximum Gasteiger partial charge on any atom is 0.237 e. The molecule has 0 bridgehead atoms. The van der Waals surface area contributed by atoms with Gasteiger partial charge in [-0.3, -0.25) is 9.69 Å². The number of aliphatic hydroxyl groups is 3. The van der Waals surface area contributed by atoms with Crippen LogP contribution in [-0.2, 0) is 9.53 Å². The van der Waals surface area contributed by atoms with E-state index in [0.29, 0.717) is 5.92 Å². The van der Waals surface area contributed by atoms with Gasteiger partial charge in [-0.2, -0.15) is 0 Å². The maximum absolute atomic E-state index is 13.0. The molecule has 29 heavy (non-hydrogen) atoms. The van der Waals surface area contributed by atoms with Gasteiger partial charge in [-0.15, -0.1) is 11.8 Å². The molecule has 3 unspecified atom stereocenters. The maximum atomic E-state index is 13.0. The van der Waals surface area contributed by atoms with Crippen molar-refractivity contribution in [2.45, 2.75) is 81.1 Å². The van der Waals surface area contributed by atoms with Crippen LogP contribution in [0.4, 0.5) is 0 Å². The number of likely N-dealkylation sites (tertiary alicyclic amines) is 1. The number of nitrogens with zero attached hydrogens (tertiary/aromatic N) is 4. The van der Waals surface area contributed by atoms with E-state index in [2.05, 4.69) is 22.3 Å². The van der Waals surface area contributed by atoms with Gasteiger partial charge >= 0.3 is 0 Å². The molecule has 0 spiro atoms. The Hall–Kier alpha value is -1.07. The zero-order chi connectivity index (χ0) is 21.7. The molecule has 10 nitrogen and oxygen atoms in total. The number of hydrogen-bond donors (Lipinski definition) is 4. The molecule has 2 heterocycles. The fourth-order valence-electron chi connectivity index (χ4n) is 4.29. The molecule has 0 aromatic heterocycles. The fourth-order valence-corrected chi connectivity index (χ4v) is 4.96. The van der Waals surface area contributed by atoms with Crippen LogP contribution in [0.15, 0.2) is 5.11 Å². The minimum Gasteiger partial charge on any atom is -0.388 e. The number of rotatable bonds is 8. The summed E-state index contributed by atoms with van der Waals surface area (Å²) in [6, 6.07) is -1.91. The van der Waals surface area contributed by atoms with Crippen molar-refractivity contribution in [3.05, 3.63) is 10.4 Å². The van der Waals surface area contributed by atoms with Gasteiger partial charge in [-0.05, 0) is 37.6 Å². The number of amides is 1. The molecule has 11 heteroatoms. The first-order chi connectivity index (χ1) is 13.7. The second-order valence-corrected chi connectivity index (χ2v) is 8.94. The standard InChI is InChI=1S/C18H33N5O5S/c1-5-6-10-7-11(23(3)8-10)17(27)20-12(9(2)21-22-19)16-14(25)13(24)15(26)18(28-16)29-4/h9-16,18,24-26H,5-8H2,1-4H3,(H,20,27)/t9?,10-,11?,12?,13+,14-,15-,16-,18-/m1/s1. The molecule has 0 saturated carbocycles. The van der Waals surface area contributed by atoms with Gasteiger partial charge in [-0.25, -0.2) is 0 Å². The zero-order valence-electron chi connectivity index (χ0n) is 17.4. The lowest BCUT2D eigenvalue weighted by Gasteiger charge is -2.44. The summed E-state index contributed by atoms with van der Waals surface area (Å²) < 4.78 is 5.80. The van der Waals surface area contributed by atoms with Gasteiger partial charge in [0.05, 0.1) is 18.1 Å². The van der Waals surface area contributed by atoms with E-state index >= 15 is 0 Å². The molecule has 1 amide bonds. The Labute approximate surface area is 175 Å². The predicted molar refractivity (Wildman–Crippen MR) is 110 cm³/mol. The van der Waals surface area contributed by atoms with E-state index in [9.17, 15) is 20.1 Å². The highest BCUT2D eigenvalue weighted by Crippen LogP contribution is 2.31. The van der Waals surface area contributed by atoms with Crippen LogP contribution in [0.3, 0.4) is 0 Å². The summed E-state index contributed by atoms with van der Waals surface area (Å²) in [5, 5.41) is 37.4. The van der Waals surface area contributed by atoms with Gasteiger partial charge in [0.2, 0.25) is 5.91 Å². The van der Waals surface area contributed by atoms with Crippen molar-refractivity contribution in [1.29, 1.82) is 0 Å². The van der Waals surface area contributed by atoms with Crippen LogP contribution in [0, 0.1) is 5.92 Å². The highest BCUT2D eigenvalue weighted by atomic mass is 32.2. The highest BCUT2D eigenvalue weighted by molar-refractivity contribution is 7.99. The number of carbonyl (C=O) groups excluding carboxylic acids is 1. The third-order valence-electron chi connectivity index (χ3n) is 5.89. The van der Waals surface area contributed by atoms with Crippen molar-refractivity contribution in [2.75, 3.05) is 19.8 Å². The van der Waals surface area contributed by atoms with Crippen LogP contribution in [0.25, 0.3) is 10.4 Å². The number of hydrogen-bond acceptors (Lipinski definition) is 8. The summed E-state index contributed by atoms with van der Waals surface area (Å²) in [6.07, 6.45) is -0.621. The third kappa shape index (κ3) is 5.55. The molecule has 2 rings (SSSR count). The van der Waals surface area contributed by atoms with Crippen LogP contribution in [0.2, 0.25) is 0 Å². The number of thioether (sulfide) groups is 1. The molecule has 2 saturated heterocycles. The van der Waals surface area contributed by atoms with Crippen LogP contribution >= 0.6 is 11.8 Å². The Bertz CT molecular complexity index is 605. The lowest BCUT2D eigenvalue weighted by molar-refractivity contribution is -0.206. The molecule has 166 valence electrons. The van der Waals surface area contributed by atoms with Gasteiger partial charge < -0.3 is 25.4 Å². The minimum atomic E-state index is -1.44.